The molecule has 0 fully saturated rings. The lowest BCUT2D eigenvalue weighted by atomic mass is 10.2. The lowest BCUT2D eigenvalue weighted by Gasteiger charge is -2.07. The van der Waals surface area contributed by atoms with Gasteiger partial charge in [-0.3, -0.25) is 9.79 Å². The molecule has 0 saturated heterocycles. The summed E-state index contributed by atoms with van der Waals surface area (Å²) in [6.07, 6.45) is 1.38. The predicted octanol–water partition coefficient (Wildman–Crippen LogP) is 1.08. The number of carbonyl (C=O) groups is 1. The third-order valence-corrected chi connectivity index (χ3v) is 1.86. The number of nitrogens with zero attached hydrogens (tertiary/aromatic N) is 1. The van der Waals surface area contributed by atoms with Gasteiger partial charge in [-0.25, -0.2) is 0 Å². The maximum Gasteiger partial charge on any atom is 0.221 e. The van der Waals surface area contributed by atoms with Gasteiger partial charge >= 0.3 is 0 Å². The summed E-state index contributed by atoms with van der Waals surface area (Å²) in [5, 5.41) is 5.71. The van der Waals surface area contributed by atoms with E-state index < -0.39 is 0 Å². The predicted molar refractivity (Wildman–Crippen MR) is 82.7 cm³/mol. The number of hydrogen-bond acceptors (Lipinski definition) is 2. The van der Waals surface area contributed by atoms with Crippen LogP contribution in [-0.2, 0) is 4.79 Å². The average Bonchev–Trinajstić information content (AvgIpc) is 2.23. The topological polar surface area (TPSA) is 79.5 Å². The van der Waals surface area contributed by atoms with E-state index in [0.717, 1.165) is 13.0 Å². The van der Waals surface area contributed by atoms with Crippen molar-refractivity contribution in [3.63, 3.8) is 0 Å². The fourth-order valence-electron chi connectivity index (χ4n) is 0.994. The van der Waals surface area contributed by atoms with Crippen LogP contribution in [0.4, 0.5) is 0 Å². The number of nitrogens with one attached hydrogen (secondary N) is 2. The zero-order chi connectivity index (χ0) is 12.4. The third kappa shape index (κ3) is 13.4. The average molecular weight is 356 g/mol. The second kappa shape index (κ2) is 11.9. The molecule has 0 rings (SSSR count). The van der Waals surface area contributed by atoms with Gasteiger partial charge in [0.2, 0.25) is 5.91 Å². The van der Waals surface area contributed by atoms with Crippen molar-refractivity contribution in [3.05, 3.63) is 0 Å². The SMILES string of the molecule is CCCNC(=O)CCNC(N)=NCC(C)C.I. The van der Waals surface area contributed by atoms with E-state index >= 15 is 0 Å². The molecule has 0 aliphatic carbocycles. The minimum absolute atomic E-state index is 0. The Morgan fingerprint density at radius 2 is 1.94 bits per heavy atom. The Kier molecular flexibility index (Phi) is 13.2. The zero-order valence-corrected chi connectivity index (χ0v) is 13.3. The van der Waals surface area contributed by atoms with Crippen LogP contribution >= 0.6 is 24.0 Å². The Balaban J connectivity index is 0. The quantitative estimate of drug-likeness (QED) is 0.363. The summed E-state index contributed by atoms with van der Waals surface area (Å²) < 4.78 is 0. The van der Waals surface area contributed by atoms with Crippen LogP contribution in [0, 0.1) is 5.92 Å². The summed E-state index contributed by atoms with van der Waals surface area (Å²) >= 11 is 0. The molecule has 5 nitrogen and oxygen atoms in total. The van der Waals surface area contributed by atoms with E-state index in [9.17, 15) is 4.79 Å². The maximum absolute atomic E-state index is 11.2. The summed E-state index contributed by atoms with van der Waals surface area (Å²) in [7, 11) is 0. The van der Waals surface area contributed by atoms with Gasteiger partial charge in [0.05, 0.1) is 0 Å². The molecule has 0 aromatic carbocycles. The molecule has 0 aliphatic rings. The van der Waals surface area contributed by atoms with Gasteiger partial charge < -0.3 is 16.4 Å². The largest absolute Gasteiger partial charge is 0.370 e. The van der Waals surface area contributed by atoms with Gasteiger partial charge in [0.25, 0.3) is 0 Å². The fraction of sp³-hybridized carbons (Fsp3) is 0.818. The molecule has 17 heavy (non-hydrogen) atoms. The Morgan fingerprint density at radius 1 is 1.29 bits per heavy atom. The number of hydrogen-bond donors (Lipinski definition) is 3. The number of aliphatic imine (C=N–C) groups is 1. The molecule has 0 saturated carbocycles. The Labute approximate surface area is 121 Å². The Bertz CT molecular complexity index is 232. The van der Waals surface area contributed by atoms with E-state index in [0.29, 0.717) is 31.4 Å². The van der Waals surface area contributed by atoms with Crippen molar-refractivity contribution in [3.8, 4) is 0 Å². The molecule has 6 heteroatoms. The zero-order valence-electron chi connectivity index (χ0n) is 11.0. The van der Waals surface area contributed by atoms with E-state index in [1.54, 1.807) is 0 Å². The lowest BCUT2D eigenvalue weighted by molar-refractivity contribution is -0.120. The van der Waals surface area contributed by atoms with Crippen molar-refractivity contribution in [1.29, 1.82) is 0 Å². The first-order chi connectivity index (χ1) is 7.56. The minimum Gasteiger partial charge on any atom is -0.370 e. The third-order valence-electron chi connectivity index (χ3n) is 1.86. The summed E-state index contributed by atoms with van der Waals surface area (Å²) in [6, 6.07) is 0. The second-order valence-electron chi connectivity index (χ2n) is 4.15. The van der Waals surface area contributed by atoms with E-state index in [4.69, 9.17) is 5.73 Å². The van der Waals surface area contributed by atoms with Crippen molar-refractivity contribution >= 4 is 35.8 Å². The van der Waals surface area contributed by atoms with Gasteiger partial charge in [0.15, 0.2) is 5.96 Å². The Morgan fingerprint density at radius 3 is 2.47 bits per heavy atom. The van der Waals surface area contributed by atoms with Gasteiger partial charge in [0.1, 0.15) is 0 Å². The number of guanidine groups is 1. The van der Waals surface area contributed by atoms with E-state index in [2.05, 4.69) is 29.5 Å². The second-order valence-corrected chi connectivity index (χ2v) is 4.15. The molecule has 0 aromatic rings. The molecule has 0 radical (unpaired) electrons. The molecular weight excluding hydrogens is 331 g/mol. The normalized spacial score (nSPS) is 10.9. The lowest BCUT2D eigenvalue weighted by Crippen LogP contribution is -2.35. The van der Waals surface area contributed by atoms with Crippen LogP contribution in [0.3, 0.4) is 0 Å². The number of nitrogens with two attached hydrogens (primary N) is 1. The highest BCUT2D eigenvalue weighted by Gasteiger charge is 1.99. The summed E-state index contributed by atoms with van der Waals surface area (Å²) in [4.78, 5) is 15.4. The van der Waals surface area contributed by atoms with Crippen molar-refractivity contribution in [2.75, 3.05) is 19.6 Å². The first-order valence-electron chi connectivity index (χ1n) is 5.86. The van der Waals surface area contributed by atoms with E-state index in [1.807, 2.05) is 6.92 Å². The van der Waals surface area contributed by atoms with Gasteiger partial charge in [-0.2, -0.15) is 0 Å². The smallest absolute Gasteiger partial charge is 0.221 e. The minimum atomic E-state index is 0. The molecule has 0 spiro atoms. The molecule has 1 amide bonds. The van der Waals surface area contributed by atoms with Crippen LogP contribution in [0.1, 0.15) is 33.6 Å². The van der Waals surface area contributed by atoms with Crippen molar-refractivity contribution in [2.24, 2.45) is 16.6 Å². The first-order valence-corrected chi connectivity index (χ1v) is 5.86. The summed E-state index contributed by atoms with van der Waals surface area (Å²) in [5.74, 6) is 0.955. The van der Waals surface area contributed by atoms with Crippen LogP contribution < -0.4 is 16.4 Å². The van der Waals surface area contributed by atoms with Gasteiger partial charge in [0, 0.05) is 26.1 Å². The first kappa shape index (κ1) is 18.8. The highest BCUT2D eigenvalue weighted by molar-refractivity contribution is 14.0. The van der Waals surface area contributed by atoms with Crippen molar-refractivity contribution < 1.29 is 4.79 Å². The molecule has 0 aromatic heterocycles. The van der Waals surface area contributed by atoms with Crippen LogP contribution in [0.25, 0.3) is 0 Å². The van der Waals surface area contributed by atoms with Gasteiger partial charge in [-0.15, -0.1) is 24.0 Å². The summed E-state index contributed by atoms with van der Waals surface area (Å²) in [5.41, 5.74) is 5.62. The molecule has 0 unspecified atom stereocenters. The van der Waals surface area contributed by atoms with E-state index in [-0.39, 0.29) is 29.9 Å². The fourth-order valence-corrected chi connectivity index (χ4v) is 0.994. The Hall–Kier alpha value is -0.530. The van der Waals surface area contributed by atoms with Gasteiger partial charge in [-0.05, 0) is 12.3 Å². The molecular formula is C11H25IN4O. The standard InChI is InChI=1S/C11H24N4O.HI/c1-4-6-13-10(16)5-7-14-11(12)15-8-9(2)3;/h9H,4-8H2,1-3H3,(H,13,16)(H3,12,14,15);1H. The summed E-state index contributed by atoms with van der Waals surface area (Å²) in [6.45, 7) is 8.15. The van der Waals surface area contributed by atoms with Gasteiger partial charge in [-0.1, -0.05) is 20.8 Å². The molecule has 0 aliphatic heterocycles. The van der Waals surface area contributed by atoms with Crippen LogP contribution in [0.15, 0.2) is 4.99 Å². The number of carbonyl (C=O) groups excluding carboxylic acids is 1. The van der Waals surface area contributed by atoms with Crippen molar-refractivity contribution in [1.82, 2.24) is 10.6 Å². The van der Waals surface area contributed by atoms with Crippen LogP contribution in [0.2, 0.25) is 0 Å². The molecule has 102 valence electrons. The highest BCUT2D eigenvalue weighted by Crippen LogP contribution is 1.90. The number of amides is 1. The van der Waals surface area contributed by atoms with E-state index in [1.165, 1.54) is 0 Å². The molecule has 0 bridgehead atoms. The number of halogens is 1. The number of rotatable bonds is 7. The maximum atomic E-state index is 11.2. The molecule has 0 heterocycles. The van der Waals surface area contributed by atoms with Crippen molar-refractivity contribution in [2.45, 2.75) is 33.6 Å². The monoisotopic (exact) mass is 356 g/mol. The molecule has 4 N–H and O–H groups in total. The van der Waals surface area contributed by atoms with Crippen LogP contribution in [-0.4, -0.2) is 31.5 Å². The highest BCUT2D eigenvalue weighted by atomic mass is 127. The van der Waals surface area contributed by atoms with Crippen LogP contribution in [0.5, 0.6) is 0 Å². The molecule has 0 atom stereocenters.